The first-order valence-corrected chi connectivity index (χ1v) is 5.78. The van der Waals surface area contributed by atoms with Gasteiger partial charge in [0.1, 0.15) is 5.82 Å². The summed E-state index contributed by atoms with van der Waals surface area (Å²) in [6.45, 7) is 0.807. The molecule has 4 nitrogen and oxygen atoms in total. The molecule has 6 heteroatoms. The van der Waals surface area contributed by atoms with Crippen molar-refractivity contribution >= 4 is 17.6 Å². The average Bonchev–Trinajstić information content (AvgIpc) is 2.31. The van der Waals surface area contributed by atoms with Crippen LogP contribution in [0.25, 0.3) is 0 Å². The minimum absolute atomic E-state index is 0.0366. The largest absolute Gasteiger partial charge is 0.480 e. The second-order valence-electron chi connectivity index (χ2n) is 3.81. The molecular weight excluding hydrogens is 261 g/mol. The van der Waals surface area contributed by atoms with Crippen LogP contribution in [0.3, 0.4) is 0 Å². The van der Waals surface area contributed by atoms with Gasteiger partial charge in [-0.3, -0.25) is 9.69 Å². The van der Waals surface area contributed by atoms with Crippen LogP contribution in [0.5, 0.6) is 0 Å². The van der Waals surface area contributed by atoms with Gasteiger partial charge in [-0.05, 0) is 6.07 Å². The molecule has 0 heterocycles. The van der Waals surface area contributed by atoms with Gasteiger partial charge in [0.25, 0.3) is 0 Å². The summed E-state index contributed by atoms with van der Waals surface area (Å²) in [5.74, 6) is -1.47. The first-order chi connectivity index (χ1) is 8.54. The number of hydrogen-bond acceptors (Lipinski definition) is 3. The van der Waals surface area contributed by atoms with E-state index in [1.807, 2.05) is 0 Å². The summed E-state index contributed by atoms with van der Waals surface area (Å²) in [5.41, 5.74) is 0.375. The van der Waals surface area contributed by atoms with Crippen molar-refractivity contribution in [2.24, 2.45) is 0 Å². The summed E-state index contributed by atoms with van der Waals surface area (Å²) in [6.07, 6.45) is 0. The van der Waals surface area contributed by atoms with E-state index in [2.05, 4.69) is 0 Å². The molecule has 0 radical (unpaired) electrons. The Morgan fingerprint density at radius 3 is 2.89 bits per heavy atom. The molecule has 0 aliphatic heterocycles. The number of nitrogens with zero attached hydrogens (tertiary/aromatic N) is 1. The van der Waals surface area contributed by atoms with Crippen LogP contribution < -0.4 is 0 Å². The maximum atomic E-state index is 13.7. The lowest BCUT2D eigenvalue weighted by Crippen LogP contribution is -2.32. The van der Waals surface area contributed by atoms with Gasteiger partial charge in [-0.2, -0.15) is 0 Å². The average molecular weight is 276 g/mol. The molecular formula is C12H15ClFNO3. The van der Waals surface area contributed by atoms with Crippen molar-refractivity contribution in [2.45, 2.75) is 6.54 Å². The Morgan fingerprint density at radius 2 is 2.28 bits per heavy atom. The molecule has 100 valence electrons. The summed E-state index contributed by atoms with van der Waals surface area (Å²) < 4.78 is 18.6. The van der Waals surface area contributed by atoms with Crippen molar-refractivity contribution in [1.82, 2.24) is 4.90 Å². The maximum Gasteiger partial charge on any atom is 0.317 e. The molecule has 0 saturated heterocycles. The summed E-state index contributed by atoms with van der Waals surface area (Å²) in [7, 11) is 1.53. The quantitative estimate of drug-likeness (QED) is 0.827. The van der Waals surface area contributed by atoms with E-state index in [1.54, 1.807) is 17.0 Å². The second-order valence-corrected chi connectivity index (χ2v) is 4.22. The van der Waals surface area contributed by atoms with Crippen LogP contribution in [-0.2, 0) is 16.1 Å². The van der Waals surface area contributed by atoms with Crippen molar-refractivity contribution in [1.29, 1.82) is 0 Å². The third-order valence-corrected chi connectivity index (χ3v) is 2.69. The minimum Gasteiger partial charge on any atom is -0.480 e. The van der Waals surface area contributed by atoms with Gasteiger partial charge in [-0.25, -0.2) is 4.39 Å². The molecule has 0 aromatic heterocycles. The zero-order chi connectivity index (χ0) is 13.5. The van der Waals surface area contributed by atoms with Crippen LogP contribution in [-0.4, -0.2) is 42.8 Å². The topological polar surface area (TPSA) is 49.8 Å². The highest BCUT2D eigenvalue weighted by molar-refractivity contribution is 6.30. The number of aliphatic carboxylic acids is 1. The van der Waals surface area contributed by atoms with Crippen LogP contribution in [0.2, 0.25) is 5.02 Å². The number of hydrogen-bond donors (Lipinski definition) is 1. The number of ether oxygens (including phenoxy) is 1. The zero-order valence-electron chi connectivity index (χ0n) is 10.0. The van der Waals surface area contributed by atoms with Crippen LogP contribution in [0.1, 0.15) is 5.56 Å². The smallest absolute Gasteiger partial charge is 0.317 e. The van der Waals surface area contributed by atoms with E-state index in [9.17, 15) is 9.18 Å². The van der Waals surface area contributed by atoms with Crippen LogP contribution in [0.15, 0.2) is 18.2 Å². The van der Waals surface area contributed by atoms with Crippen LogP contribution in [0.4, 0.5) is 4.39 Å². The highest BCUT2D eigenvalue weighted by Gasteiger charge is 2.13. The van der Waals surface area contributed by atoms with Crippen molar-refractivity contribution in [3.05, 3.63) is 34.6 Å². The van der Waals surface area contributed by atoms with Crippen LogP contribution in [0, 0.1) is 5.82 Å². The second kappa shape index (κ2) is 7.31. The Bertz CT molecular complexity index is 414. The third kappa shape index (κ3) is 4.60. The van der Waals surface area contributed by atoms with Crippen molar-refractivity contribution < 1.29 is 19.0 Å². The molecule has 18 heavy (non-hydrogen) atoms. The van der Waals surface area contributed by atoms with Gasteiger partial charge in [0.05, 0.1) is 18.2 Å². The highest BCUT2D eigenvalue weighted by atomic mass is 35.5. The lowest BCUT2D eigenvalue weighted by molar-refractivity contribution is -0.138. The van der Waals surface area contributed by atoms with Gasteiger partial charge in [-0.1, -0.05) is 23.7 Å². The number of carbonyl (C=O) groups is 1. The first kappa shape index (κ1) is 14.9. The van der Waals surface area contributed by atoms with Gasteiger partial charge < -0.3 is 9.84 Å². The van der Waals surface area contributed by atoms with Gasteiger partial charge in [-0.15, -0.1) is 0 Å². The van der Waals surface area contributed by atoms with E-state index in [4.69, 9.17) is 21.4 Å². The van der Waals surface area contributed by atoms with E-state index in [-0.39, 0.29) is 18.1 Å². The van der Waals surface area contributed by atoms with E-state index >= 15 is 0 Å². The molecule has 0 aliphatic rings. The van der Waals surface area contributed by atoms with Gasteiger partial charge in [0.15, 0.2) is 0 Å². The summed E-state index contributed by atoms with van der Waals surface area (Å²) in [4.78, 5) is 12.3. The summed E-state index contributed by atoms with van der Waals surface area (Å²) >= 11 is 5.67. The summed E-state index contributed by atoms with van der Waals surface area (Å²) in [6, 6.07) is 4.68. The fourth-order valence-electron chi connectivity index (χ4n) is 1.54. The van der Waals surface area contributed by atoms with Gasteiger partial charge in [0, 0.05) is 25.8 Å². The molecule has 0 bridgehead atoms. The fraction of sp³-hybridized carbons (Fsp3) is 0.417. The Morgan fingerprint density at radius 1 is 1.56 bits per heavy atom. The number of benzene rings is 1. The van der Waals surface area contributed by atoms with Crippen molar-refractivity contribution in [2.75, 3.05) is 26.8 Å². The molecule has 1 aromatic rings. The molecule has 0 unspecified atom stereocenters. The van der Waals surface area contributed by atoms with Crippen LogP contribution >= 0.6 is 11.6 Å². The number of rotatable bonds is 7. The van der Waals surface area contributed by atoms with E-state index in [1.165, 1.54) is 13.2 Å². The molecule has 0 atom stereocenters. The number of carboxylic acid groups (broad SMARTS) is 1. The maximum absolute atomic E-state index is 13.7. The fourth-order valence-corrected chi connectivity index (χ4v) is 1.73. The summed E-state index contributed by atoms with van der Waals surface area (Å²) in [5, 5.41) is 8.82. The molecule has 1 N–H and O–H groups in total. The predicted octanol–water partition coefficient (Wildman–Crippen LogP) is 2.01. The molecule has 1 rings (SSSR count). The number of halogens is 2. The molecule has 0 fully saturated rings. The Hall–Kier alpha value is -1.17. The molecule has 1 aromatic carbocycles. The molecule has 0 amide bonds. The Balaban J connectivity index is 2.75. The molecule has 0 saturated carbocycles. The Labute approximate surface area is 110 Å². The number of methoxy groups -OCH3 is 1. The standard InChI is InChI=1S/C12H15ClFNO3/c1-18-6-5-15(8-11(16)17)7-9-3-2-4-10(13)12(9)14/h2-4H,5-8H2,1H3,(H,16,17). The minimum atomic E-state index is -0.964. The van der Waals surface area contributed by atoms with Crippen molar-refractivity contribution in [3.63, 3.8) is 0 Å². The normalized spacial score (nSPS) is 10.9. The highest BCUT2D eigenvalue weighted by Crippen LogP contribution is 2.19. The van der Waals surface area contributed by atoms with E-state index in [0.717, 1.165) is 0 Å². The molecule has 0 aliphatic carbocycles. The lowest BCUT2D eigenvalue weighted by atomic mass is 10.2. The molecule has 0 spiro atoms. The zero-order valence-corrected chi connectivity index (χ0v) is 10.8. The van der Waals surface area contributed by atoms with Crippen molar-refractivity contribution in [3.8, 4) is 0 Å². The number of carboxylic acids is 1. The van der Waals surface area contributed by atoms with E-state index < -0.39 is 11.8 Å². The van der Waals surface area contributed by atoms with Gasteiger partial charge >= 0.3 is 5.97 Å². The lowest BCUT2D eigenvalue weighted by Gasteiger charge is -2.20. The van der Waals surface area contributed by atoms with E-state index in [0.29, 0.717) is 18.7 Å². The first-order valence-electron chi connectivity index (χ1n) is 5.40. The van der Waals surface area contributed by atoms with Gasteiger partial charge in [0.2, 0.25) is 0 Å². The third-order valence-electron chi connectivity index (χ3n) is 2.40. The predicted molar refractivity (Wildman–Crippen MR) is 66.2 cm³/mol. The Kier molecular flexibility index (Phi) is 6.04. The monoisotopic (exact) mass is 275 g/mol. The SMILES string of the molecule is COCCN(CC(=O)O)Cc1cccc(Cl)c1F.